The van der Waals surface area contributed by atoms with Crippen molar-refractivity contribution in [2.24, 2.45) is 0 Å². The predicted molar refractivity (Wildman–Crippen MR) is 110 cm³/mol. The number of piperidine rings is 1. The molecule has 0 saturated carbocycles. The summed E-state index contributed by atoms with van der Waals surface area (Å²) in [5.41, 5.74) is -0.0583. The van der Waals surface area contributed by atoms with Crippen molar-refractivity contribution in [2.45, 2.75) is 57.1 Å². The quantitative estimate of drug-likeness (QED) is 0.551. The molecule has 2 aliphatic rings. The molecule has 1 aromatic rings. The number of carbonyl (C=O) groups excluding carboxylic acids is 4. The van der Waals surface area contributed by atoms with Crippen LogP contribution in [0.4, 0.5) is 0 Å². The van der Waals surface area contributed by atoms with Gasteiger partial charge in [0.1, 0.15) is 17.7 Å². The number of thioether (sulfide) groups is 1. The van der Waals surface area contributed by atoms with Gasteiger partial charge in [0.25, 0.3) is 11.8 Å². The standard InChI is InChI=1S/C21H26N2O5S/c1-12(20(27)28-21(2,3)4)22-11-13(29-5)10-16(19(22)26)23-17(24)14-8-6-7-9-15(14)18(23)25/h6-9,12-13,16H,10-11H2,1-5H3/t12-,13+,16-/m0/s1. The van der Waals surface area contributed by atoms with E-state index in [2.05, 4.69) is 0 Å². The first kappa shape index (κ1) is 21.4. The van der Waals surface area contributed by atoms with Crippen LogP contribution in [-0.4, -0.2) is 69.2 Å². The second-order valence-electron chi connectivity index (χ2n) is 8.34. The Morgan fingerprint density at radius 3 is 2.17 bits per heavy atom. The van der Waals surface area contributed by atoms with E-state index in [0.717, 1.165) is 4.90 Å². The molecule has 1 saturated heterocycles. The van der Waals surface area contributed by atoms with Gasteiger partial charge in [0.2, 0.25) is 5.91 Å². The summed E-state index contributed by atoms with van der Waals surface area (Å²) in [4.78, 5) is 54.1. The number of imide groups is 1. The number of hydrogen-bond acceptors (Lipinski definition) is 6. The zero-order valence-corrected chi connectivity index (χ0v) is 18.1. The van der Waals surface area contributed by atoms with Gasteiger partial charge in [-0.25, -0.2) is 4.79 Å². The fourth-order valence-electron chi connectivity index (χ4n) is 3.67. The van der Waals surface area contributed by atoms with Crippen molar-refractivity contribution in [1.82, 2.24) is 9.80 Å². The number of amides is 3. The van der Waals surface area contributed by atoms with E-state index in [1.807, 2.05) is 6.26 Å². The van der Waals surface area contributed by atoms with Crippen LogP contribution >= 0.6 is 11.8 Å². The fraction of sp³-hybridized carbons (Fsp3) is 0.524. The summed E-state index contributed by atoms with van der Waals surface area (Å²) in [5, 5.41) is -0.00750. The average molecular weight is 419 g/mol. The monoisotopic (exact) mass is 418 g/mol. The van der Waals surface area contributed by atoms with E-state index in [-0.39, 0.29) is 5.25 Å². The first-order chi connectivity index (χ1) is 13.5. The fourth-order valence-corrected chi connectivity index (χ4v) is 4.35. The molecular weight excluding hydrogens is 392 g/mol. The van der Waals surface area contributed by atoms with Crippen LogP contribution < -0.4 is 0 Å². The molecule has 0 aromatic heterocycles. The first-order valence-electron chi connectivity index (χ1n) is 9.58. The molecule has 3 amide bonds. The van der Waals surface area contributed by atoms with Gasteiger partial charge >= 0.3 is 5.97 Å². The smallest absolute Gasteiger partial charge is 0.329 e. The van der Waals surface area contributed by atoms with Crippen molar-refractivity contribution in [2.75, 3.05) is 12.8 Å². The molecule has 1 aromatic carbocycles. The van der Waals surface area contributed by atoms with E-state index in [4.69, 9.17) is 4.74 Å². The SMILES string of the molecule is CS[C@@H]1C[C@H](N2C(=O)c3ccccc3C2=O)C(=O)N([C@@H](C)C(=O)OC(C)(C)C)C1. The Morgan fingerprint density at radius 1 is 1.14 bits per heavy atom. The molecule has 2 aliphatic heterocycles. The van der Waals surface area contributed by atoms with E-state index in [1.54, 1.807) is 63.7 Å². The molecule has 3 rings (SSSR count). The summed E-state index contributed by atoms with van der Waals surface area (Å²) in [6, 6.07) is 4.83. The van der Waals surface area contributed by atoms with Gasteiger partial charge < -0.3 is 9.64 Å². The van der Waals surface area contributed by atoms with Crippen LogP contribution in [0.2, 0.25) is 0 Å². The third kappa shape index (κ3) is 4.03. The third-order valence-corrected chi connectivity index (χ3v) is 6.15. The molecule has 0 unspecified atom stereocenters. The van der Waals surface area contributed by atoms with Crippen molar-refractivity contribution in [3.8, 4) is 0 Å². The number of ether oxygens (including phenoxy) is 1. The van der Waals surface area contributed by atoms with E-state index in [0.29, 0.717) is 24.1 Å². The maximum Gasteiger partial charge on any atom is 0.329 e. The minimum Gasteiger partial charge on any atom is -0.458 e. The highest BCUT2D eigenvalue weighted by molar-refractivity contribution is 7.99. The zero-order valence-electron chi connectivity index (χ0n) is 17.3. The number of rotatable bonds is 4. The molecule has 0 bridgehead atoms. The van der Waals surface area contributed by atoms with Gasteiger partial charge in [-0.05, 0) is 52.5 Å². The summed E-state index contributed by atoms with van der Waals surface area (Å²) in [5.74, 6) is -1.83. The number of benzene rings is 1. The molecule has 3 atom stereocenters. The average Bonchev–Trinajstić information content (AvgIpc) is 2.91. The minimum absolute atomic E-state index is 0.00750. The van der Waals surface area contributed by atoms with Gasteiger partial charge in [-0.15, -0.1) is 0 Å². The third-order valence-electron chi connectivity index (χ3n) is 5.14. The summed E-state index contributed by atoms with van der Waals surface area (Å²) in [7, 11) is 0. The molecule has 0 N–H and O–H groups in total. The molecule has 7 nitrogen and oxygen atoms in total. The van der Waals surface area contributed by atoms with E-state index in [1.165, 1.54) is 4.90 Å². The van der Waals surface area contributed by atoms with Gasteiger partial charge in [0.05, 0.1) is 11.1 Å². The molecular formula is C21H26N2O5S. The second kappa shape index (κ2) is 7.82. The topological polar surface area (TPSA) is 84.0 Å². The van der Waals surface area contributed by atoms with Gasteiger partial charge in [-0.1, -0.05) is 12.1 Å². The van der Waals surface area contributed by atoms with Crippen LogP contribution in [0.15, 0.2) is 24.3 Å². The Hall–Kier alpha value is -2.35. The van der Waals surface area contributed by atoms with Gasteiger partial charge in [0.15, 0.2) is 0 Å². The highest BCUT2D eigenvalue weighted by atomic mass is 32.2. The molecule has 0 aliphatic carbocycles. The maximum absolute atomic E-state index is 13.3. The molecule has 1 fully saturated rings. The summed E-state index contributed by atoms with van der Waals surface area (Å²) in [6.45, 7) is 7.28. The van der Waals surface area contributed by atoms with Crippen LogP contribution in [0.5, 0.6) is 0 Å². The van der Waals surface area contributed by atoms with Gasteiger partial charge in [-0.2, -0.15) is 11.8 Å². The Balaban J connectivity index is 1.89. The number of likely N-dealkylation sites (tertiary alicyclic amines) is 1. The lowest BCUT2D eigenvalue weighted by Crippen LogP contribution is -2.61. The summed E-state index contributed by atoms with van der Waals surface area (Å²) >= 11 is 1.55. The molecule has 29 heavy (non-hydrogen) atoms. The second-order valence-corrected chi connectivity index (χ2v) is 9.47. The zero-order chi connectivity index (χ0) is 21.5. The van der Waals surface area contributed by atoms with Crippen molar-refractivity contribution in [3.63, 3.8) is 0 Å². The molecule has 8 heteroatoms. The van der Waals surface area contributed by atoms with E-state index >= 15 is 0 Å². The van der Waals surface area contributed by atoms with Gasteiger partial charge in [-0.3, -0.25) is 19.3 Å². The highest BCUT2D eigenvalue weighted by Crippen LogP contribution is 2.32. The highest BCUT2D eigenvalue weighted by Gasteiger charge is 2.48. The molecule has 0 radical (unpaired) electrons. The summed E-state index contributed by atoms with van der Waals surface area (Å²) < 4.78 is 5.44. The van der Waals surface area contributed by atoms with E-state index in [9.17, 15) is 19.2 Å². The number of carbonyl (C=O) groups is 4. The van der Waals surface area contributed by atoms with Crippen LogP contribution in [0.3, 0.4) is 0 Å². The van der Waals surface area contributed by atoms with Crippen molar-refractivity contribution >= 4 is 35.5 Å². The summed E-state index contributed by atoms with van der Waals surface area (Å²) in [6.07, 6.45) is 2.28. The maximum atomic E-state index is 13.3. The largest absolute Gasteiger partial charge is 0.458 e. The van der Waals surface area contributed by atoms with Crippen LogP contribution in [-0.2, 0) is 14.3 Å². The number of hydrogen-bond donors (Lipinski definition) is 0. The normalized spacial score (nSPS) is 23.3. The Morgan fingerprint density at radius 2 is 1.69 bits per heavy atom. The van der Waals surface area contributed by atoms with Gasteiger partial charge in [0, 0.05) is 11.8 Å². The number of nitrogens with zero attached hydrogens (tertiary/aromatic N) is 2. The molecule has 156 valence electrons. The minimum atomic E-state index is -0.932. The lowest BCUT2D eigenvalue weighted by Gasteiger charge is -2.41. The van der Waals surface area contributed by atoms with Crippen LogP contribution in [0.25, 0.3) is 0 Å². The number of esters is 1. The molecule has 0 spiro atoms. The van der Waals surface area contributed by atoms with Crippen molar-refractivity contribution in [1.29, 1.82) is 0 Å². The molecule has 2 heterocycles. The van der Waals surface area contributed by atoms with Crippen LogP contribution in [0, 0.1) is 0 Å². The van der Waals surface area contributed by atoms with E-state index < -0.39 is 41.4 Å². The predicted octanol–water partition coefficient (Wildman–Crippen LogP) is 2.35. The van der Waals surface area contributed by atoms with Crippen LogP contribution in [0.1, 0.15) is 54.8 Å². The Labute approximate surface area is 174 Å². The number of fused-ring (bicyclic) bond motifs is 1. The van der Waals surface area contributed by atoms with Crippen molar-refractivity contribution in [3.05, 3.63) is 35.4 Å². The first-order valence-corrected chi connectivity index (χ1v) is 10.9. The Kier molecular flexibility index (Phi) is 5.76. The lowest BCUT2D eigenvalue weighted by molar-refractivity contribution is -0.165. The lowest BCUT2D eigenvalue weighted by atomic mass is 10.0. The van der Waals surface area contributed by atoms with Crippen molar-refractivity contribution < 1.29 is 23.9 Å². The Bertz CT molecular complexity index is 828.